The molecule has 1 fully saturated rings. The molecule has 0 aliphatic carbocycles. The third-order valence-corrected chi connectivity index (χ3v) is 7.60. The van der Waals surface area contributed by atoms with Crippen LogP contribution in [0.5, 0.6) is 17.2 Å². The lowest BCUT2D eigenvalue weighted by Gasteiger charge is -2.26. The number of thiocarbonyl (C=S) groups is 1. The van der Waals surface area contributed by atoms with Crippen molar-refractivity contribution in [3.8, 4) is 28.6 Å². The van der Waals surface area contributed by atoms with Crippen LogP contribution in [0.1, 0.15) is 29.1 Å². The molecule has 2 atom stereocenters. The maximum atomic E-state index is 6.46. The maximum Gasteiger partial charge on any atom is 0.174 e. The van der Waals surface area contributed by atoms with Crippen molar-refractivity contribution in [2.75, 3.05) is 12.0 Å². The Bertz CT molecular complexity index is 1640. The van der Waals surface area contributed by atoms with Gasteiger partial charge in [-0.3, -0.25) is 4.98 Å². The van der Waals surface area contributed by atoms with E-state index in [2.05, 4.69) is 15.2 Å². The van der Waals surface area contributed by atoms with Gasteiger partial charge in [-0.05, 0) is 104 Å². The quantitative estimate of drug-likeness (QED) is 0.198. The Kier molecular flexibility index (Phi) is 7.15. The number of ether oxygens (including phenoxy) is 2. The number of methoxy groups -OCH3 is 1. The molecule has 8 heteroatoms. The van der Waals surface area contributed by atoms with E-state index in [0.717, 1.165) is 45.5 Å². The molecule has 200 valence electrons. The van der Waals surface area contributed by atoms with Crippen LogP contribution < -0.4 is 19.7 Å². The van der Waals surface area contributed by atoms with Crippen LogP contribution in [0, 0.1) is 6.92 Å². The molecule has 1 N–H and O–H groups in total. The topological polar surface area (TPSA) is 59.8 Å². The van der Waals surface area contributed by atoms with Crippen LogP contribution in [-0.4, -0.2) is 17.2 Å². The number of anilines is 1. The second-order valence-electron chi connectivity index (χ2n) is 9.43. The minimum atomic E-state index is -0.273. The Balaban J connectivity index is 1.33. The highest BCUT2D eigenvalue weighted by Crippen LogP contribution is 2.43. The second-order valence-corrected chi connectivity index (χ2v) is 10.2. The fourth-order valence-corrected chi connectivity index (χ4v) is 5.32. The van der Waals surface area contributed by atoms with Gasteiger partial charge in [0.2, 0.25) is 0 Å². The minimum Gasteiger partial charge on any atom is -0.497 e. The molecule has 0 unspecified atom stereocenters. The third-order valence-electron chi connectivity index (χ3n) is 6.88. The van der Waals surface area contributed by atoms with Crippen molar-refractivity contribution < 1.29 is 13.9 Å². The fraction of sp³-hybridized carbons (Fsp3) is 0.125. The first kappa shape index (κ1) is 25.9. The molecule has 0 spiro atoms. The van der Waals surface area contributed by atoms with E-state index in [1.54, 1.807) is 13.3 Å². The SMILES string of the molecule is COc1ccc(Oc2ccc(N3C(=S)N[C@H](c4ccccn4)[C@H]3c3ccc(-c4ccc(C)c(Cl)c4)o3)cc2)cc1. The molecule has 1 aliphatic rings. The predicted molar refractivity (Wildman–Crippen MR) is 161 cm³/mol. The van der Waals surface area contributed by atoms with E-state index < -0.39 is 0 Å². The molecule has 2 aromatic heterocycles. The molecule has 0 amide bonds. The number of furan rings is 1. The summed E-state index contributed by atoms with van der Waals surface area (Å²) in [4.78, 5) is 6.69. The second kappa shape index (κ2) is 11.0. The molecule has 6 rings (SSSR count). The van der Waals surface area contributed by atoms with E-state index >= 15 is 0 Å². The molecule has 3 heterocycles. The lowest BCUT2D eigenvalue weighted by atomic mass is 10.0. The van der Waals surface area contributed by atoms with E-state index in [1.165, 1.54) is 0 Å². The summed E-state index contributed by atoms with van der Waals surface area (Å²) >= 11 is 12.3. The van der Waals surface area contributed by atoms with Crippen molar-refractivity contribution >= 4 is 34.6 Å². The van der Waals surface area contributed by atoms with Gasteiger partial charge in [-0.1, -0.05) is 29.8 Å². The van der Waals surface area contributed by atoms with Crippen LogP contribution in [-0.2, 0) is 0 Å². The number of hydrogen-bond donors (Lipinski definition) is 1. The highest BCUT2D eigenvalue weighted by atomic mass is 35.5. The summed E-state index contributed by atoms with van der Waals surface area (Å²) < 4.78 is 17.7. The number of aryl methyl sites for hydroxylation is 1. The Morgan fingerprint density at radius 3 is 2.30 bits per heavy atom. The molecule has 1 aliphatic heterocycles. The first-order chi connectivity index (χ1) is 19.5. The monoisotopic (exact) mass is 567 g/mol. The minimum absolute atomic E-state index is 0.218. The lowest BCUT2D eigenvalue weighted by Crippen LogP contribution is -2.29. The molecule has 0 saturated carbocycles. The largest absolute Gasteiger partial charge is 0.497 e. The maximum absolute atomic E-state index is 6.46. The Morgan fingerprint density at radius 2 is 1.62 bits per heavy atom. The number of rotatable bonds is 7. The summed E-state index contributed by atoms with van der Waals surface area (Å²) in [6, 6.07) is 30.6. The number of aromatic nitrogens is 1. The Labute approximate surface area is 243 Å². The number of nitrogens with one attached hydrogen (secondary N) is 1. The third kappa shape index (κ3) is 5.13. The first-order valence-electron chi connectivity index (χ1n) is 12.8. The van der Waals surface area contributed by atoms with E-state index in [-0.39, 0.29) is 12.1 Å². The van der Waals surface area contributed by atoms with Gasteiger partial charge in [0, 0.05) is 22.5 Å². The van der Waals surface area contributed by atoms with Gasteiger partial charge in [-0.2, -0.15) is 0 Å². The van der Waals surface area contributed by atoms with Crippen LogP contribution in [0.2, 0.25) is 5.02 Å². The van der Waals surface area contributed by atoms with Crippen molar-refractivity contribution in [1.82, 2.24) is 10.3 Å². The smallest absolute Gasteiger partial charge is 0.174 e. The summed E-state index contributed by atoms with van der Waals surface area (Å²) in [7, 11) is 1.64. The van der Waals surface area contributed by atoms with Crippen LogP contribution in [0.4, 0.5) is 5.69 Å². The van der Waals surface area contributed by atoms with Crippen molar-refractivity contribution in [1.29, 1.82) is 0 Å². The standard InChI is InChI=1S/C32H26ClN3O3S/c1-20-6-7-21(19-26(20)33)28-16-17-29(39-28)31-30(27-5-3-4-18-34-27)35-32(40)36(31)22-8-10-24(11-9-22)38-25-14-12-23(37-2)13-15-25/h3-19,30-31H,1-2H3,(H,35,40)/t30-,31-/m1/s1. The molecule has 1 saturated heterocycles. The highest BCUT2D eigenvalue weighted by molar-refractivity contribution is 7.80. The van der Waals surface area contributed by atoms with Crippen molar-refractivity contribution in [3.05, 3.63) is 125 Å². The predicted octanol–water partition coefficient (Wildman–Crippen LogP) is 8.28. The lowest BCUT2D eigenvalue weighted by molar-refractivity contribution is 0.413. The van der Waals surface area contributed by atoms with Gasteiger partial charge < -0.3 is 24.1 Å². The van der Waals surface area contributed by atoms with Gasteiger partial charge in [0.15, 0.2) is 5.11 Å². The number of hydrogen-bond acceptors (Lipinski definition) is 5. The van der Waals surface area contributed by atoms with Gasteiger partial charge in [-0.25, -0.2) is 0 Å². The number of nitrogens with zero attached hydrogens (tertiary/aromatic N) is 2. The highest BCUT2D eigenvalue weighted by Gasteiger charge is 2.42. The summed E-state index contributed by atoms with van der Waals surface area (Å²) in [6.07, 6.45) is 1.78. The molecule has 0 radical (unpaired) electrons. The van der Waals surface area contributed by atoms with Crippen molar-refractivity contribution in [2.45, 2.75) is 19.0 Å². The Hall–Kier alpha value is -4.33. The fourth-order valence-electron chi connectivity index (χ4n) is 4.79. The van der Waals surface area contributed by atoms with Gasteiger partial charge in [-0.15, -0.1) is 0 Å². The van der Waals surface area contributed by atoms with E-state index in [9.17, 15) is 0 Å². The zero-order valence-corrected chi connectivity index (χ0v) is 23.4. The van der Waals surface area contributed by atoms with E-state index in [1.807, 2.05) is 104 Å². The van der Waals surface area contributed by atoms with Crippen LogP contribution in [0.3, 0.4) is 0 Å². The molecule has 3 aromatic carbocycles. The van der Waals surface area contributed by atoms with Crippen LogP contribution >= 0.6 is 23.8 Å². The molecular formula is C32H26ClN3O3S. The zero-order chi connectivity index (χ0) is 27.6. The van der Waals surface area contributed by atoms with Crippen LogP contribution in [0.25, 0.3) is 11.3 Å². The first-order valence-corrected chi connectivity index (χ1v) is 13.6. The number of halogens is 1. The van der Waals surface area contributed by atoms with E-state index in [0.29, 0.717) is 15.9 Å². The number of pyridine rings is 1. The average Bonchev–Trinajstić information content (AvgIpc) is 3.60. The number of benzene rings is 3. The zero-order valence-electron chi connectivity index (χ0n) is 21.9. The van der Waals surface area contributed by atoms with Gasteiger partial charge in [0.25, 0.3) is 0 Å². The molecule has 0 bridgehead atoms. The molecule has 40 heavy (non-hydrogen) atoms. The normalized spacial score (nSPS) is 16.6. The Morgan fingerprint density at radius 1 is 0.900 bits per heavy atom. The average molecular weight is 568 g/mol. The van der Waals surface area contributed by atoms with Crippen molar-refractivity contribution in [2.24, 2.45) is 0 Å². The summed E-state index contributed by atoms with van der Waals surface area (Å²) in [6.45, 7) is 1.98. The summed E-state index contributed by atoms with van der Waals surface area (Å²) in [5.74, 6) is 3.70. The van der Waals surface area contributed by atoms with Gasteiger partial charge >= 0.3 is 0 Å². The summed E-state index contributed by atoms with van der Waals surface area (Å²) in [5.41, 5.74) is 3.70. The van der Waals surface area contributed by atoms with E-state index in [4.69, 9.17) is 37.7 Å². The molecule has 5 aromatic rings. The van der Waals surface area contributed by atoms with Gasteiger partial charge in [0.1, 0.15) is 34.8 Å². The van der Waals surface area contributed by atoms with Crippen LogP contribution in [0.15, 0.2) is 108 Å². The van der Waals surface area contributed by atoms with Crippen molar-refractivity contribution in [3.63, 3.8) is 0 Å². The molecule has 6 nitrogen and oxygen atoms in total. The van der Waals surface area contributed by atoms with Gasteiger partial charge in [0.05, 0.1) is 18.8 Å². The summed E-state index contributed by atoms with van der Waals surface area (Å²) in [5, 5.41) is 4.75. The molecular weight excluding hydrogens is 542 g/mol.